The van der Waals surface area contributed by atoms with E-state index < -0.39 is 17.7 Å². The summed E-state index contributed by atoms with van der Waals surface area (Å²) in [4.78, 5) is 32.0. The zero-order valence-electron chi connectivity index (χ0n) is 17.6. The molecular formula is C23H25F3N4O2. The molecule has 2 fully saturated rings. The Hall–Kier alpha value is -3.10. The average molecular weight is 446 g/mol. The third kappa shape index (κ3) is 5.03. The van der Waals surface area contributed by atoms with E-state index in [0.29, 0.717) is 38.0 Å². The summed E-state index contributed by atoms with van der Waals surface area (Å²) in [5.41, 5.74) is 0.752. The number of nitrogens with zero attached hydrogens (tertiary/aromatic N) is 3. The van der Waals surface area contributed by atoms with Crippen LogP contribution in [-0.2, 0) is 22.3 Å². The number of anilines is 2. The molecule has 1 aromatic carbocycles. The number of nitrogens with one attached hydrogen (secondary N) is 1. The maximum Gasteiger partial charge on any atom is 0.419 e. The molecule has 0 saturated carbocycles. The number of alkyl halides is 3. The molecule has 0 bridgehead atoms. The fourth-order valence-electron chi connectivity index (χ4n) is 4.34. The van der Waals surface area contributed by atoms with E-state index in [9.17, 15) is 22.8 Å². The Morgan fingerprint density at radius 2 is 2.00 bits per heavy atom. The van der Waals surface area contributed by atoms with Crippen LogP contribution in [0.1, 0.15) is 36.8 Å². The lowest BCUT2D eigenvalue weighted by atomic mass is 9.96. The number of halogens is 3. The van der Waals surface area contributed by atoms with E-state index in [1.165, 1.54) is 12.3 Å². The zero-order valence-corrected chi connectivity index (χ0v) is 17.6. The van der Waals surface area contributed by atoms with Gasteiger partial charge in [-0.2, -0.15) is 13.2 Å². The van der Waals surface area contributed by atoms with Crippen LogP contribution in [0.25, 0.3) is 0 Å². The van der Waals surface area contributed by atoms with Gasteiger partial charge >= 0.3 is 6.18 Å². The molecule has 3 heterocycles. The Balaban J connectivity index is 1.42. The Morgan fingerprint density at radius 1 is 1.16 bits per heavy atom. The first-order chi connectivity index (χ1) is 15.3. The van der Waals surface area contributed by atoms with Crippen molar-refractivity contribution >= 4 is 23.3 Å². The van der Waals surface area contributed by atoms with E-state index in [1.807, 2.05) is 18.2 Å². The molecule has 170 valence electrons. The first kappa shape index (κ1) is 22.1. The van der Waals surface area contributed by atoms with E-state index in [0.717, 1.165) is 24.6 Å². The number of aromatic nitrogens is 1. The topological polar surface area (TPSA) is 65.5 Å². The van der Waals surface area contributed by atoms with Gasteiger partial charge in [-0.05, 0) is 49.1 Å². The number of amides is 2. The Morgan fingerprint density at radius 3 is 2.75 bits per heavy atom. The first-order valence-corrected chi connectivity index (χ1v) is 10.8. The van der Waals surface area contributed by atoms with Crippen LogP contribution in [0.15, 0.2) is 42.6 Å². The molecule has 0 radical (unpaired) electrons. The van der Waals surface area contributed by atoms with Crippen LogP contribution in [0, 0.1) is 5.92 Å². The van der Waals surface area contributed by atoms with Crippen LogP contribution >= 0.6 is 0 Å². The van der Waals surface area contributed by atoms with Crippen LogP contribution in [0.5, 0.6) is 0 Å². The molecule has 9 heteroatoms. The molecule has 0 aliphatic carbocycles. The van der Waals surface area contributed by atoms with Gasteiger partial charge in [-0.1, -0.05) is 12.1 Å². The Labute approximate surface area is 184 Å². The van der Waals surface area contributed by atoms with Crippen molar-refractivity contribution in [2.75, 3.05) is 29.9 Å². The van der Waals surface area contributed by atoms with Crippen molar-refractivity contribution in [2.45, 2.75) is 38.4 Å². The maximum absolute atomic E-state index is 13.4. The summed E-state index contributed by atoms with van der Waals surface area (Å²) in [7, 11) is 0. The van der Waals surface area contributed by atoms with Gasteiger partial charge < -0.3 is 15.1 Å². The number of carbonyl (C=O) groups is 2. The van der Waals surface area contributed by atoms with Crippen LogP contribution in [0.4, 0.5) is 24.7 Å². The predicted molar refractivity (Wildman–Crippen MR) is 114 cm³/mol. The van der Waals surface area contributed by atoms with Crippen molar-refractivity contribution in [2.24, 2.45) is 5.92 Å². The lowest BCUT2D eigenvalue weighted by molar-refractivity contribution is -0.137. The minimum Gasteiger partial charge on any atom is -0.355 e. The second kappa shape index (κ2) is 9.18. The maximum atomic E-state index is 13.4. The lowest BCUT2D eigenvalue weighted by Gasteiger charge is -2.34. The number of hydrogen-bond acceptors (Lipinski definition) is 4. The number of piperidine rings is 1. The van der Waals surface area contributed by atoms with Crippen molar-refractivity contribution in [3.8, 4) is 0 Å². The van der Waals surface area contributed by atoms with Gasteiger partial charge in [0.25, 0.3) is 0 Å². The van der Waals surface area contributed by atoms with Crippen molar-refractivity contribution in [3.05, 3.63) is 53.7 Å². The van der Waals surface area contributed by atoms with E-state index in [2.05, 4.69) is 10.3 Å². The average Bonchev–Trinajstić information content (AvgIpc) is 3.18. The molecule has 1 atom stereocenters. The quantitative estimate of drug-likeness (QED) is 0.752. The fourth-order valence-corrected chi connectivity index (χ4v) is 4.34. The van der Waals surface area contributed by atoms with Crippen LogP contribution in [0.3, 0.4) is 0 Å². The van der Waals surface area contributed by atoms with Gasteiger partial charge in [-0.3, -0.25) is 9.59 Å². The first-order valence-electron chi connectivity index (χ1n) is 10.8. The molecule has 0 spiro atoms. The van der Waals surface area contributed by atoms with Gasteiger partial charge in [-0.15, -0.1) is 0 Å². The summed E-state index contributed by atoms with van der Waals surface area (Å²) in [5, 5.41) is 2.89. The van der Waals surface area contributed by atoms with Crippen molar-refractivity contribution < 1.29 is 22.8 Å². The molecular weight excluding hydrogens is 421 g/mol. The highest BCUT2D eigenvalue weighted by Crippen LogP contribution is 2.36. The minimum atomic E-state index is -4.50. The molecule has 2 aromatic rings. The van der Waals surface area contributed by atoms with Crippen LogP contribution < -0.4 is 10.2 Å². The number of rotatable bonds is 5. The summed E-state index contributed by atoms with van der Waals surface area (Å²) < 4.78 is 40.2. The second-order valence-corrected chi connectivity index (χ2v) is 8.27. The highest BCUT2D eigenvalue weighted by atomic mass is 19.4. The number of likely N-dealkylation sites (tertiary alicyclic amines) is 1. The molecule has 4 rings (SSSR count). The fraction of sp³-hybridized carbons (Fsp3) is 0.435. The highest BCUT2D eigenvalue weighted by molar-refractivity contribution is 5.93. The molecule has 2 amide bonds. The monoisotopic (exact) mass is 446 g/mol. The van der Waals surface area contributed by atoms with Crippen molar-refractivity contribution in [3.63, 3.8) is 0 Å². The number of hydrogen-bond donors (Lipinski definition) is 1. The third-order valence-corrected chi connectivity index (χ3v) is 5.92. The number of pyridine rings is 1. The molecule has 2 aliphatic rings. The Bertz CT molecular complexity index is 995. The summed E-state index contributed by atoms with van der Waals surface area (Å²) in [5.74, 6) is -0.673. The van der Waals surface area contributed by atoms with Crippen LogP contribution in [-0.4, -0.2) is 41.3 Å². The van der Waals surface area contributed by atoms with E-state index in [-0.39, 0.29) is 24.2 Å². The van der Waals surface area contributed by atoms with Gasteiger partial charge in [0.05, 0.1) is 11.5 Å². The summed E-state index contributed by atoms with van der Waals surface area (Å²) in [6.07, 6.45) is -0.539. The third-order valence-electron chi connectivity index (χ3n) is 5.92. The van der Waals surface area contributed by atoms with E-state index in [1.54, 1.807) is 15.9 Å². The Kier molecular flexibility index (Phi) is 6.34. The van der Waals surface area contributed by atoms with Gasteiger partial charge in [0, 0.05) is 44.5 Å². The molecule has 2 aliphatic heterocycles. The lowest BCUT2D eigenvalue weighted by Crippen LogP contribution is -2.42. The normalized spacial score (nSPS) is 19.3. The SMILES string of the molecule is O=C(Nc1cccc(CN2CCCC2=O)c1)C1CCCN(c2ncccc2C(F)(F)F)C1. The molecule has 1 unspecified atom stereocenters. The summed E-state index contributed by atoms with van der Waals surface area (Å²) >= 11 is 0. The predicted octanol–water partition coefficient (Wildman–Crippen LogP) is 4.08. The molecule has 1 aromatic heterocycles. The minimum absolute atomic E-state index is 0.130. The molecule has 2 saturated heterocycles. The highest BCUT2D eigenvalue weighted by Gasteiger charge is 2.37. The molecule has 32 heavy (non-hydrogen) atoms. The standard InChI is InChI=1S/C23H25F3N4O2/c24-23(25,26)19-8-2-10-27-21(19)30-12-3-6-17(15-30)22(32)28-18-7-1-5-16(13-18)14-29-11-4-9-20(29)31/h1-2,5,7-8,10,13,17H,3-4,6,9,11-12,14-15H2,(H,28,32). The second-order valence-electron chi connectivity index (χ2n) is 8.27. The van der Waals surface area contributed by atoms with E-state index >= 15 is 0 Å². The molecule has 6 nitrogen and oxygen atoms in total. The van der Waals surface area contributed by atoms with Gasteiger partial charge in [0.1, 0.15) is 5.82 Å². The molecule has 1 N–H and O–H groups in total. The zero-order chi connectivity index (χ0) is 22.7. The largest absolute Gasteiger partial charge is 0.419 e. The van der Waals surface area contributed by atoms with E-state index in [4.69, 9.17) is 0 Å². The van der Waals surface area contributed by atoms with Gasteiger partial charge in [-0.25, -0.2) is 4.98 Å². The smallest absolute Gasteiger partial charge is 0.355 e. The number of carbonyl (C=O) groups excluding carboxylic acids is 2. The van der Waals surface area contributed by atoms with Crippen molar-refractivity contribution in [1.82, 2.24) is 9.88 Å². The van der Waals surface area contributed by atoms with Gasteiger partial charge in [0.2, 0.25) is 11.8 Å². The number of benzene rings is 1. The summed E-state index contributed by atoms with van der Waals surface area (Å²) in [6.45, 7) is 1.83. The van der Waals surface area contributed by atoms with Crippen molar-refractivity contribution in [1.29, 1.82) is 0 Å². The van der Waals surface area contributed by atoms with Crippen LogP contribution in [0.2, 0.25) is 0 Å². The van der Waals surface area contributed by atoms with Gasteiger partial charge in [0.15, 0.2) is 0 Å². The summed E-state index contributed by atoms with van der Waals surface area (Å²) in [6, 6.07) is 9.62.